The topological polar surface area (TPSA) is 25.8 Å². The zero-order valence-electron chi connectivity index (χ0n) is 24.9. The van der Waals surface area contributed by atoms with Crippen molar-refractivity contribution in [3.63, 3.8) is 0 Å². The van der Waals surface area contributed by atoms with E-state index in [-0.39, 0.29) is 0 Å². The summed E-state index contributed by atoms with van der Waals surface area (Å²) < 4.78 is 0. The lowest BCUT2D eigenvalue weighted by Gasteiger charge is -2.14. The molecule has 0 fully saturated rings. The number of pyridine rings is 2. The zero-order chi connectivity index (χ0) is 29.9. The summed E-state index contributed by atoms with van der Waals surface area (Å²) in [5.74, 6) is 0. The van der Waals surface area contributed by atoms with Crippen LogP contribution in [0.5, 0.6) is 0 Å². The van der Waals surface area contributed by atoms with Crippen LogP contribution in [0.15, 0.2) is 133 Å². The van der Waals surface area contributed by atoms with Crippen LogP contribution >= 0.6 is 0 Å². The molecule has 5 aromatic carbocycles. The highest BCUT2D eigenvalue weighted by molar-refractivity contribution is 6.12. The number of fused-ring (bicyclic) bond motifs is 3. The Labute approximate surface area is 258 Å². The second-order valence-corrected chi connectivity index (χ2v) is 11.3. The van der Waals surface area contributed by atoms with E-state index < -0.39 is 0 Å². The first-order chi connectivity index (χ1) is 21.6. The fraction of sp³-hybridized carbons (Fsp3) is 0.0476. The van der Waals surface area contributed by atoms with Gasteiger partial charge in [-0.25, -0.2) is 9.97 Å². The smallest absolute Gasteiger partial charge is 0.0978 e. The largest absolute Gasteiger partial charge is 0.246 e. The number of aromatic nitrogens is 2. The van der Waals surface area contributed by atoms with Crippen LogP contribution < -0.4 is 0 Å². The van der Waals surface area contributed by atoms with Crippen LogP contribution in [0.1, 0.15) is 33.6 Å². The van der Waals surface area contributed by atoms with E-state index in [1.54, 1.807) is 0 Å². The van der Waals surface area contributed by atoms with E-state index in [1.807, 2.05) is 0 Å². The molecule has 7 aromatic rings. The minimum absolute atomic E-state index is 0.896. The molecule has 210 valence electrons. The lowest BCUT2D eigenvalue weighted by molar-refractivity contribution is 1.34. The molecule has 0 saturated heterocycles. The van der Waals surface area contributed by atoms with Crippen molar-refractivity contribution in [3.05, 3.63) is 167 Å². The van der Waals surface area contributed by atoms with Crippen molar-refractivity contribution in [2.75, 3.05) is 0 Å². The average Bonchev–Trinajstić information content (AvgIpc) is 3.08. The van der Waals surface area contributed by atoms with Crippen LogP contribution in [-0.4, -0.2) is 9.97 Å². The molecule has 0 radical (unpaired) electrons. The lowest BCUT2D eigenvalue weighted by Crippen LogP contribution is -1.95. The number of nitrogens with zero attached hydrogens (tertiary/aromatic N) is 2. The van der Waals surface area contributed by atoms with E-state index in [0.29, 0.717) is 0 Å². The van der Waals surface area contributed by atoms with Crippen molar-refractivity contribution in [2.24, 2.45) is 0 Å². The molecule has 2 nitrogen and oxygen atoms in total. The summed E-state index contributed by atoms with van der Waals surface area (Å²) in [5.41, 5.74) is 13.0. The Balaban J connectivity index is 1.47. The maximum absolute atomic E-state index is 5.25. The molecule has 0 unspecified atom stereocenters. The molecule has 0 aliphatic rings. The Morgan fingerprint density at radius 1 is 0.409 bits per heavy atom. The van der Waals surface area contributed by atoms with Gasteiger partial charge in [-0.3, -0.25) is 0 Å². The molecular formula is C42H32N2. The van der Waals surface area contributed by atoms with Crippen molar-refractivity contribution < 1.29 is 0 Å². The van der Waals surface area contributed by atoms with Crippen LogP contribution in [0.4, 0.5) is 0 Å². The molecule has 0 atom stereocenters. The second kappa shape index (κ2) is 11.9. The van der Waals surface area contributed by atoms with Crippen LogP contribution in [0, 0.1) is 13.8 Å². The molecule has 0 saturated carbocycles. The summed E-state index contributed by atoms with van der Waals surface area (Å²) in [6.07, 6.45) is 8.47. The van der Waals surface area contributed by atoms with Gasteiger partial charge in [0.15, 0.2) is 0 Å². The highest BCUT2D eigenvalue weighted by Gasteiger charge is 2.15. The monoisotopic (exact) mass is 564 g/mol. The van der Waals surface area contributed by atoms with Gasteiger partial charge in [0, 0.05) is 10.8 Å². The SMILES string of the molecule is Cc1ccc(/C=C/c2cc(-c3ccccc3)c3ccc4c(-c5ccccc5)cc(/C=C/c5ccc(C)cc5)nc4c3n2)cc1. The standard InChI is InChI=1S/C42H32N2/c1-29-13-17-31(18-14-29)21-23-35-27-39(33-9-5-3-6-10-33)37-25-26-38-40(34-11-7-4-8-12-34)28-36(44-42(38)41(37)43-35)24-22-32-19-15-30(2)16-20-32/h3-28H,1-2H3/b23-21+,24-22+. The molecule has 7 rings (SSSR count). The predicted octanol–water partition coefficient (Wildman–Crippen LogP) is 11.1. The van der Waals surface area contributed by atoms with E-state index in [4.69, 9.17) is 9.97 Å². The quantitative estimate of drug-likeness (QED) is 0.188. The fourth-order valence-corrected chi connectivity index (χ4v) is 5.62. The second-order valence-electron chi connectivity index (χ2n) is 11.3. The number of rotatable bonds is 6. The molecule has 0 amide bonds. The van der Waals surface area contributed by atoms with Crippen LogP contribution in [0.25, 0.3) is 68.4 Å². The van der Waals surface area contributed by atoms with Crippen LogP contribution in [-0.2, 0) is 0 Å². The molecule has 0 N–H and O–H groups in total. The van der Waals surface area contributed by atoms with Crippen LogP contribution in [0.3, 0.4) is 0 Å². The highest BCUT2D eigenvalue weighted by atomic mass is 14.8. The normalized spacial score (nSPS) is 11.7. The maximum Gasteiger partial charge on any atom is 0.0978 e. The minimum atomic E-state index is 0.896. The van der Waals surface area contributed by atoms with Gasteiger partial charge < -0.3 is 0 Å². The third-order valence-electron chi connectivity index (χ3n) is 8.02. The molecule has 0 aliphatic carbocycles. The van der Waals surface area contributed by atoms with E-state index in [2.05, 4.69) is 172 Å². The maximum atomic E-state index is 5.25. The van der Waals surface area contributed by atoms with Gasteiger partial charge in [0.25, 0.3) is 0 Å². The third kappa shape index (κ3) is 5.71. The number of aryl methyl sites for hydroxylation is 2. The summed E-state index contributed by atoms with van der Waals surface area (Å²) in [6.45, 7) is 4.22. The molecule has 0 bridgehead atoms. The first kappa shape index (κ1) is 27.2. The Morgan fingerprint density at radius 3 is 1.18 bits per heavy atom. The first-order valence-corrected chi connectivity index (χ1v) is 15.0. The van der Waals surface area contributed by atoms with E-state index in [0.717, 1.165) is 66.6 Å². The lowest BCUT2D eigenvalue weighted by atomic mass is 9.95. The molecule has 44 heavy (non-hydrogen) atoms. The Morgan fingerprint density at radius 2 is 0.795 bits per heavy atom. The summed E-state index contributed by atoms with van der Waals surface area (Å²) >= 11 is 0. The fourth-order valence-electron chi connectivity index (χ4n) is 5.62. The molecule has 2 heteroatoms. The number of hydrogen-bond donors (Lipinski definition) is 0. The Kier molecular flexibility index (Phi) is 7.40. The van der Waals surface area contributed by atoms with Crippen LogP contribution in [0.2, 0.25) is 0 Å². The summed E-state index contributed by atoms with van der Waals surface area (Å²) in [5, 5.41) is 2.17. The number of hydrogen-bond acceptors (Lipinski definition) is 2. The Bertz CT molecular complexity index is 1980. The molecule has 0 aliphatic heterocycles. The Hall–Kier alpha value is -5.60. The number of benzene rings is 5. The minimum Gasteiger partial charge on any atom is -0.246 e. The highest BCUT2D eigenvalue weighted by Crippen LogP contribution is 2.37. The van der Waals surface area contributed by atoms with Crippen molar-refractivity contribution in [1.29, 1.82) is 0 Å². The third-order valence-corrected chi connectivity index (χ3v) is 8.02. The van der Waals surface area contributed by atoms with Gasteiger partial charge in [-0.2, -0.15) is 0 Å². The summed E-state index contributed by atoms with van der Waals surface area (Å²) in [4.78, 5) is 10.5. The van der Waals surface area contributed by atoms with Gasteiger partial charge in [-0.15, -0.1) is 0 Å². The molecule has 2 heterocycles. The van der Waals surface area contributed by atoms with Crippen molar-refractivity contribution in [1.82, 2.24) is 9.97 Å². The van der Waals surface area contributed by atoms with Gasteiger partial charge in [-0.05, 0) is 71.5 Å². The van der Waals surface area contributed by atoms with Gasteiger partial charge >= 0.3 is 0 Å². The van der Waals surface area contributed by atoms with E-state index >= 15 is 0 Å². The zero-order valence-corrected chi connectivity index (χ0v) is 24.9. The molecular weight excluding hydrogens is 532 g/mol. The predicted molar refractivity (Wildman–Crippen MR) is 188 cm³/mol. The van der Waals surface area contributed by atoms with E-state index in [1.165, 1.54) is 11.1 Å². The summed E-state index contributed by atoms with van der Waals surface area (Å²) in [7, 11) is 0. The first-order valence-electron chi connectivity index (χ1n) is 15.0. The average molecular weight is 565 g/mol. The van der Waals surface area contributed by atoms with Crippen molar-refractivity contribution in [3.8, 4) is 22.3 Å². The van der Waals surface area contributed by atoms with Gasteiger partial charge in [-0.1, -0.05) is 145 Å². The van der Waals surface area contributed by atoms with Gasteiger partial charge in [0.2, 0.25) is 0 Å². The van der Waals surface area contributed by atoms with Crippen molar-refractivity contribution >= 4 is 46.1 Å². The van der Waals surface area contributed by atoms with Gasteiger partial charge in [0.1, 0.15) is 0 Å². The summed E-state index contributed by atoms with van der Waals surface area (Å²) in [6, 6.07) is 47.0. The van der Waals surface area contributed by atoms with Crippen molar-refractivity contribution in [2.45, 2.75) is 13.8 Å². The molecule has 2 aromatic heterocycles. The van der Waals surface area contributed by atoms with E-state index in [9.17, 15) is 0 Å². The van der Waals surface area contributed by atoms with Gasteiger partial charge in [0.05, 0.1) is 22.4 Å². The molecule has 0 spiro atoms.